The van der Waals surface area contributed by atoms with E-state index in [1.54, 1.807) is 12.1 Å². The minimum Gasteiger partial charge on any atom is -0.481 e. The third kappa shape index (κ3) is 2.82. The first-order valence-electron chi connectivity index (χ1n) is 5.66. The summed E-state index contributed by atoms with van der Waals surface area (Å²) in [4.78, 5) is 34.6. The molecule has 0 aromatic heterocycles. The number of anilines is 1. The smallest absolute Gasteiger partial charge is 0.321 e. The first kappa shape index (κ1) is 12.9. The number of carboxylic acids is 1. The number of hydrogen-bond donors (Lipinski definition) is 3. The van der Waals surface area contributed by atoms with E-state index in [0.717, 1.165) is 0 Å². The number of benzene rings is 1. The van der Waals surface area contributed by atoms with Gasteiger partial charge in [0.2, 0.25) is 5.91 Å². The van der Waals surface area contributed by atoms with Gasteiger partial charge in [0.1, 0.15) is 0 Å². The summed E-state index contributed by atoms with van der Waals surface area (Å²) in [5.74, 6) is -1.91. The number of urea groups is 1. The average molecular weight is 263 g/mol. The van der Waals surface area contributed by atoms with Crippen LogP contribution in [0.3, 0.4) is 0 Å². The van der Waals surface area contributed by atoms with Crippen LogP contribution in [-0.2, 0) is 4.79 Å². The summed E-state index contributed by atoms with van der Waals surface area (Å²) in [5, 5.41) is 11.3. The zero-order valence-corrected chi connectivity index (χ0v) is 10.00. The Morgan fingerprint density at radius 2 is 1.79 bits per heavy atom. The van der Waals surface area contributed by atoms with Gasteiger partial charge in [-0.3, -0.25) is 9.59 Å². The first-order valence-corrected chi connectivity index (χ1v) is 5.66. The van der Waals surface area contributed by atoms with Gasteiger partial charge in [-0.05, 0) is 24.3 Å². The first-order chi connectivity index (χ1) is 8.97. The molecule has 1 aromatic rings. The second-order valence-electron chi connectivity index (χ2n) is 4.31. The molecule has 4 N–H and O–H groups in total. The van der Waals surface area contributed by atoms with Crippen LogP contribution in [0.4, 0.5) is 10.5 Å². The predicted molar refractivity (Wildman–Crippen MR) is 66.7 cm³/mol. The number of nitrogens with zero attached hydrogens (tertiary/aromatic N) is 1. The standard InChI is InChI=1S/C12H13N3O4/c13-10(16)7-1-3-9(4-2-7)14-12(19)15-5-8(6-15)11(17)18/h1-4,8H,5-6H2,(H2,13,16)(H,14,19)(H,17,18). The number of carbonyl (C=O) groups is 3. The molecule has 100 valence electrons. The van der Waals surface area contributed by atoms with Gasteiger partial charge < -0.3 is 21.1 Å². The number of likely N-dealkylation sites (tertiary alicyclic amines) is 1. The summed E-state index contributed by atoms with van der Waals surface area (Å²) in [6.07, 6.45) is 0. The van der Waals surface area contributed by atoms with Crippen molar-refractivity contribution in [2.75, 3.05) is 18.4 Å². The lowest BCUT2D eigenvalue weighted by atomic mass is 10.0. The van der Waals surface area contributed by atoms with Crippen molar-refractivity contribution in [3.05, 3.63) is 29.8 Å². The molecule has 0 radical (unpaired) electrons. The van der Waals surface area contributed by atoms with E-state index in [1.807, 2.05) is 0 Å². The lowest BCUT2D eigenvalue weighted by Crippen LogP contribution is -2.54. The average Bonchev–Trinajstić information content (AvgIpc) is 2.26. The number of primary amides is 1. The maximum atomic E-state index is 11.7. The van der Waals surface area contributed by atoms with Crippen LogP contribution in [0.5, 0.6) is 0 Å². The van der Waals surface area contributed by atoms with Crippen molar-refractivity contribution in [1.82, 2.24) is 4.90 Å². The molecule has 0 saturated carbocycles. The highest BCUT2D eigenvalue weighted by Gasteiger charge is 2.35. The van der Waals surface area contributed by atoms with E-state index >= 15 is 0 Å². The molecule has 2 rings (SSSR count). The van der Waals surface area contributed by atoms with Crippen molar-refractivity contribution in [3.63, 3.8) is 0 Å². The summed E-state index contributed by atoms with van der Waals surface area (Å²) in [7, 11) is 0. The Morgan fingerprint density at radius 1 is 1.21 bits per heavy atom. The topological polar surface area (TPSA) is 113 Å². The molecular weight excluding hydrogens is 250 g/mol. The van der Waals surface area contributed by atoms with Gasteiger partial charge >= 0.3 is 12.0 Å². The van der Waals surface area contributed by atoms with Crippen LogP contribution in [0.1, 0.15) is 10.4 Å². The Labute approximate surface area is 109 Å². The van der Waals surface area contributed by atoms with Gasteiger partial charge in [0.15, 0.2) is 0 Å². The number of hydrogen-bond acceptors (Lipinski definition) is 3. The van der Waals surface area contributed by atoms with Crippen LogP contribution >= 0.6 is 0 Å². The van der Waals surface area contributed by atoms with E-state index in [2.05, 4.69) is 5.32 Å². The minimum atomic E-state index is -0.894. The zero-order valence-electron chi connectivity index (χ0n) is 10.00. The van der Waals surface area contributed by atoms with Gasteiger partial charge in [0.25, 0.3) is 0 Å². The van der Waals surface area contributed by atoms with Gasteiger partial charge in [0, 0.05) is 24.3 Å². The molecule has 19 heavy (non-hydrogen) atoms. The Morgan fingerprint density at radius 3 is 2.26 bits per heavy atom. The van der Waals surface area contributed by atoms with Crippen LogP contribution in [-0.4, -0.2) is 41.0 Å². The molecule has 1 aromatic carbocycles. The maximum absolute atomic E-state index is 11.7. The van der Waals surface area contributed by atoms with E-state index in [4.69, 9.17) is 10.8 Å². The number of carbonyl (C=O) groups excluding carboxylic acids is 2. The number of nitrogens with two attached hydrogens (primary N) is 1. The van der Waals surface area contributed by atoms with Crippen LogP contribution < -0.4 is 11.1 Å². The summed E-state index contributed by atoms with van der Waals surface area (Å²) in [5.41, 5.74) is 5.97. The monoisotopic (exact) mass is 263 g/mol. The van der Waals surface area contributed by atoms with Crippen LogP contribution in [0, 0.1) is 5.92 Å². The molecule has 0 unspecified atom stereocenters. The molecule has 1 heterocycles. The molecule has 0 spiro atoms. The van der Waals surface area contributed by atoms with Gasteiger partial charge in [-0.25, -0.2) is 4.79 Å². The number of carboxylic acid groups (broad SMARTS) is 1. The second-order valence-corrected chi connectivity index (χ2v) is 4.31. The number of amides is 3. The molecule has 1 aliphatic rings. The van der Waals surface area contributed by atoms with Crippen molar-refractivity contribution in [2.45, 2.75) is 0 Å². The molecule has 1 fully saturated rings. The maximum Gasteiger partial charge on any atom is 0.321 e. The number of nitrogens with one attached hydrogen (secondary N) is 1. The molecule has 0 atom stereocenters. The van der Waals surface area contributed by atoms with Crippen molar-refractivity contribution in [1.29, 1.82) is 0 Å². The van der Waals surface area contributed by atoms with Gasteiger partial charge in [-0.2, -0.15) is 0 Å². The molecule has 1 aliphatic heterocycles. The summed E-state index contributed by atoms with van der Waals surface area (Å²) >= 11 is 0. The second kappa shape index (κ2) is 4.97. The lowest BCUT2D eigenvalue weighted by Gasteiger charge is -2.36. The summed E-state index contributed by atoms with van der Waals surface area (Å²) < 4.78 is 0. The van der Waals surface area contributed by atoms with E-state index in [1.165, 1.54) is 17.0 Å². The molecule has 1 saturated heterocycles. The fourth-order valence-corrected chi connectivity index (χ4v) is 1.72. The van der Waals surface area contributed by atoms with E-state index in [9.17, 15) is 14.4 Å². The van der Waals surface area contributed by atoms with E-state index < -0.39 is 17.8 Å². The van der Waals surface area contributed by atoms with Gasteiger partial charge in [-0.15, -0.1) is 0 Å². The summed E-state index contributed by atoms with van der Waals surface area (Å²) in [6, 6.07) is 5.78. The highest BCUT2D eigenvalue weighted by Crippen LogP contribution is 2.17. The predicted octanol–water partition coefficient (Wildman–Crippen LogP) is 0.334. The van der Waals surface area contributed by atoms with E-state index in [0.29, 0.717) is 11.3 Å². The number of aliphatic carboxylic acids is 1. The van der Waals surface area contributed by atoms with E-state index in [-0.39, 0.29) is 19.1 Å². The SMILES string of the molecule is NC(=O)c1ccc(NC(=O)N2CC(C(=O)O)C2)cc1. The summed E-state index contributed by atoms with van der Waals surface area (Å²) in [6.45, 7) is 0.418. The van der Waals surface area contributed by atoms with Crippen molar-refractivity contribution in [3.8, 4) is 0 Å². The fourth-order valence-electron chi connectivity index (χ4n) is 1.72. The largest absolute Gasteiger partial charge is 0.481 e. The Hall–Kier alpha value is -2.57. The minimum absolute atomic E-state index is 0.209. The molecule has 7 nitrogen and oxygen atoms in total. The molecular formula is C12H13N3O4. The van der Waals surface area contributed by atoms with Crippen LogP contribution in [0.15, 0.2) is 24.3 Å². The van der Waals surface area contributed by atoms with Crippen LogP contribution in [0.2, 0.25) is 0 Å². The normalized spacial score (nSPS) is 14.6. The molecule has 7 heteroatoms. The fraction of sp³-hybridized carbons (Fsp3) is 0.250. The highest BCUT2D eigenvalue weighted by molar-refractivity contribution is 5.94. The quantitative estimate of drug-likeness (QED) is 0.729. The van der Waals surface area contributed by atoms with Crippen molar-refractivity contribution in [2.24, 2.45) is 11.7 Å². The third-order valence-corrected chi connectivity index (χ3v) is 2.94. The highest BCUT2D eigenvalue weighted by atomic mass is 16.4. The molecule has 0 aliphatic carbocycles. The Kier molecular flexibility index (Phi) is 3.37. The van der Waals surface area contributed by atoms with Crippen LogP contribution in [0.25, 0.3) is 0 Å². The lowest BCUT2D eigenvalue weighted by molar-refractivity contribution is -0.145. The Bertz CT molecular complexity index is 520. The molecule has 3 amide bonds. The Balaban J connectivity index is 1.89. The van der Waals surface area contributed by atoms with Gasteiger partial charge in [-0.1, -0.05) is 0 Å². The molecule has 0 bridgehead atoms. The van der Waals surface area contributed by atoms with Gasteiger partial charge in [0.05, 0.1) is 5.92 Å². The van der Waals surface area contributed by atoms with Crippen molar-refractivity contribution < 1.29 is 19.5 Å². The third-order valence-electron chi connectivity index (χ3n) is 2.94. The van der Waals surface area contributed by atoms with Crippen molar-refractivity contribution >= 4 is 23.6 Å². The number of rotatable bonds is 3. The zero-order chi connectivity index (χ0) is 14.0.